The van der Waals surface area contributed by atoms with Gasteiger partial charge < -0.3 is 14.5 Å². The Morgan fingerprint density at radius 3 is 2.42 bits per heavy atom. The monoisotopic (exact) mass is 558 g/mol. The zero-order valence-corrected chi connectivity index (χ0v) is 22.8. The molecule has 40 heavy (non-hydrogen) atoms. The van der Waals surface area contributed by atoms with Crippen molar-refractivity contribution in [2.24, 2.45) is 11.3 Å². The molecule has 3 fully saturated rings. The number of carbonyl (C=O) groups is 2. The molecule has 4 atom stereocenters. The Hall–Kier alpha value is -2.94. The van der Waals surface area contributed by atoms with E-state index in [4.69, 9.17) is 4.74 Å². The van der Waals surface area contributed by atoms with E-state index in [2.05, 4.69) is 11.8 Å². The van der Waals surface area contributed by atoms with Gasteiger partial charge in [0, 0.05) is 18.6 Å². The number of halogens is 4. The summed E-state index contributed by atoms with van der Waals surface area (Å²) < 4.78 is 59.2. The topological polar surface area (TPSA) is 49.9 Å². The van der Waals surface area contributed by atoms with Gasteiger partial charge in [-0.25, -0.2) is 9.18 Å². The molecule has 2 saturated heterocycles. The molecule has 1 saturated carbocycles. The van der Waals surface area contributed by atoms with E-state index in [0.717, 1.165) is 57.3 Å². The lowest BCUT2D eigenvalue weighted by Gasteiger charge is -2.37. The summed E-state index contributed by atoms with van der Waals surface area (Å²) in [5, 5.41) is 0. The van der Waals surface area contributed by atoms with E-state index in [1.54, 1.807) is 4.90 Å². The maximum Gasteiger partial charge on any atom is 0.416 e. The number of esters is 1. The number of ether oxygens (including phenoxy) is 1. The van der Waals surface area contributed by atoms with Crippen LogP contribution in [0.3, 0.4) is 0 Å². The molecule has 1 spiro atoms. The highest BCUT2D eigenvalue weighted by molar-refractivity contribution is 5.93. The number of alkyl halides is 3. The summed E-state index contributed by atoms with van der Waals surface area (Å²) >= 11 is 0. The molecule has 1 aliphatic carbocycles. The molecule has 2 aromatic rings. The first-order valence-electron chi connectivity index (χ1n) is 14.1. The second kappa shape index (κ2) is 9.86. The molecule has 2 unspecified atom stereocenters. The fourth-order valence-corrected chi connectivity index (χ4v) is 8.01. The van der Waals surface area contributed by atoms with Crippen molar-refractivity contribution in [3.05, 3.63) is 70.0 Å². The summed E-state index contributed by atoms with van der Waals surface area (Å²) in [6.45, 7) is 4.02. The molecule has 3 heterocycles. The molecule has 2 aromatic carbocycles. The van der Waals surface area contributed by atoms with Crippen LogP contribution in [0, 0.1) is 17.2 Å². The van der Waals surface area contributed by atoms with Gasteiger partial charge in [-0.3, -0.25) is 4.79 Å². The Bertz CT molecular complexity index is 1320. The number of methoxy groups -OCH3 is 1. The van der Waals surface area contributed by atoms with Crippen LogP contribution in [0.15, 0.2) is 36.4 Å². The maximum atomic E-state index is 14.0. The quantitative estimate of drug-likeness (QED) is 0.345. The van der Waals surface area contributed by atoms with Crippen LogP contribution in [0.25, 0.3) is 0 Å². The van der Waals surface area contributed by atoms with Crippen LogP contribution in [0.4, 0.5) is 17.6 Å². The van der Waals surface area contributed by atoms with Gasteiger partial charge >= 0.3 is 12.1 Å². The van der Waals surface area contributed by atoms with Crippen LogP contribution >= 0.6 is 0 Å². The molecule has 4 aliphatic rings. The van der Waals surface area contributed by atoms with Gasteiger partial charge in [0.25, 0.3) is 0 Å². The first kappa shape index (κ1) is 27.2. The standard InChI is InChI=1S/C31H34F4N2O3/c1-18-27-15-25-21(13-22(31(33,34)35)14-26(25)28(38)40-2)17-37(27)29(39)30(18)10-7-24(16-30)36-11-8-20(9-12-36)19-3-5-23(32)6-4-19/h3-6,13-14,18,20,24,27H,7-12,15-17H2,1-2H3/t18?,24-,27?,30+/m1/s1. The highest BCUT2D eigenvalue weighted by atomic mass is 19.4. The predicted octanol–water partition coefficient (Wildman–Crippen LogP) is 5.95. The SMILES string of the molecule is COC(=O)c1cc(C(F)(F)F)cc2c1CC1C(C)[C@@]3(CC[C@@H](N4CCC(c5ccc(F)cc5)CC4)C3)C(=O)N1C2. The smallest absolute Gasteiger partial charge is 0.416 e. The number of nitrogens with zero attached hydrogens (tertiary/aromatic N) is 2. The number of carbonyl (C=O) groups excluding carboxylic acids is 2. The molecule has 1 amide bonds. The van der Waals surface area contributed by atoms with Crippen molar-refractivity contribution >= 4 is 11.9 Å². The summed E-state index contributed by atoms with van der Waals surface area (Å²) in [7, 11) is 1.17. The lowest BCUT2D eigenvalue weighted by molar-refractivity contribution is -0.138. The Morgan fingerprint density at radius 1 is 1.07 bits per heavy atom. The minimum absolute atomic E-state index is 0.0164. The van der Waals surface area contributed by atoms with Gasteiger partial charge in [0.05, 0.1) is 23.7 Å². The Balaban J connectivity index is 1.20. The van der Waals surface area contributed by atoms with E-state index in [0.29, 0.717) is 23.5 Å². The van der Waals surface area contributed by atoms with Crippen molar-refractivity contribution in [1.82, 2.24) is 9.80 Å². The molecule has 3 aliphatic heterocycles. The first-order chi connectivity index (χ1) is 19.0. The predicted molar refractivity (Wildman–Crippen MR) is 140 cm³/mol. The van der Waals surface area contributed by atoms with Crippen LogP contribution in [0.5, 0.6) is 0 Å². The van der Waals surface area contributed by atoms with E-state index in [-0.39, 0.29) is 41.8 Å². The minimum atomic E-state index is -4.61. The molecular weight excluding hydrogens is 524 g/mol. The molecule has 214 valence electrons. The van der Waals surface area contributed by atoms with Crippen LogP contribution in [0.1, 0.15) is 77.6 Å². The van der Waals surface area contributed by atoms with Crippen molar-refractivity contribution < 1.29 is 31.9 Å². The number of piperidine rings is 1. The van der Waals surface area contributed by atoms with Crippen LogP contribution in [-0.2, 0) is 28.7 Å². The minimum Gasteiger partial charge on any atom is -0.465 e. The van der Waals surface area contributed by atoms with Crippen LogP contribution in [0.2, 0.25) is 0 Å². The van der Waals surface area contributed by atoms with Crippen molar-refractivity contribution in [3.8, 4) is 0 Å². The number of benzene rings is 2. The fourth-order valence-electron chi connectivity index (χ4n) is 8.01. The third-order valence-corrected chi connectivity index (χ3v) is 10.3. The summed E-state index contributed by atoms with van der Waals surface area (Å²) in [5.41, 5.74) is 0.616. The molecule has 0 bridgehead atoms. The third kappa shape index (κ3) is 4.41. The number of rotatable bonds is 3. The zero-order valence-electron chi connectivity index (χ0n) is 22.8. The Morgan fingerprint density at radius 2 is 1.77 bits per heavy atom. The number of likely N-dealkylation sites (tertiary alicyclic amines) is 1. The molecule has 0 radical (unpaired) electrons. The van der Waals surface area contributed by atoms with Crippen molar-refractivity contribution in [2.75, 3.05) is 20.2 Å². The summed E-state index contributed by atoms with van der Waals surface area (Å²) in [4.78, 5) is 30.8. The average Bonchev–Trinajstić information content (AvgIpc) is 3.48. The molecule has 0 N–H and O–H groups in total. The van der Waals surface area contributed by atoms with E-state index in [9.17, 15) is 27.2 Å². The van der Waals surface area contributed by atoms with Gasteiger partial charge in [-0.05, 0) is 104 Å². The van der Waals surface area contributed by atoms with Crippen LogP contribution in [-0.4, -0.2) is 54.0 Å². The summed E-state index contributed by atoms with van der Waals surface area (Å²) in [6, 6.07) is 8.87. The van der Waals surface area contributed by atoms with Crippen molar-refractivity contribution in [3.63, 3.8) is 0 Å². The highest BCUT2D eigenvalue weighted by Crippen LogP contribution is 2.56. The molecule has 6 rings (SSSR count). The van der Waals surface area contributed by atoms with E-state index < -0.39 is 23.1 Å². The Kier molecular flexibility index (Phi) is 6.71. The normalized spacial score (nSPS) is 29.1. The number of amides is 1. The third-order valence-electron chi connectivity index (χ3n) is 10.3. The maximum absolute atomic E-state index is 14.0. The lowest BCUT2D eigenvalue weighted by Crippen LogP contribution is -2.42. The number of hydrogen-bond acceptors (Lipinski definition) is 4. The van der Waals surface area contributed by atoms with E-state index in [1.807, 2.05) is 12.1 Å². The molecular formula is C31H34F4N2O3. The summed E-state index contributed by atoms with van der Waals surface area (Å²) in [5.74, 6) is -0.557. The fraction of sp³-hybridized carbons (Fsp3) is 0.548. The lowest BCUT2D eigenvalue weighted by atomic mass is 9.73. The van der Waals surface area contributed by atoms with E-state index >= 15 is 0 Å². The largest absolute Gasteiger partial charge is 0.465 e. The second-order valence-electron chi connectivity index (χ2n) is 12.1. The van der Waals surface area contributed by atoms with Gasteiger partial charge in [0.15, 0.2) is 0 Å². The molecule has 5 nitrogen and oxygen atoms in total. The van der Waals surface area contributed by atoms with Gasteiger partial charge in [0.1, 0.15) is 5.82 Å². The second-order valence-corrected chi connectivity index (χ2v) is 12.1. The van der Waals surface area contributed by atoms with Crippen LogP contribution < -0.4 is 0 Å². The average molecular weight is 559 g/mol. The van der Waals surface area contributed by atoms with Crippen molar-refractivity contribution in [1.29, 1.82) is 0 Å². The van der Waals surface area contributed by atoms with Crippen molar-refractivity contribution in [2.45, 2.75) is 76.2 Å². The number of fused-ring (bicyclic) bond motifs is 2. The highest BCUT2D eigenvalue weighted by Gasteiger charge is 2.61. The molecule has 0 aromatic heterocycles. The van der Waals surface area contributed by atoms with Gasteiger partial charge in [0.2, 0.25) is 5.91 Å². The van der Waals surface area contributed by atoms with E-state index in [1.165, 1.54) is 24.8 Å². The van der Waals surface area contributed by atoms with Gasteiger partial charge in [-0.2, -0.15) is 13.2 Å². The Labute approximate surface area is 231 Å². The number of hydrogen-bond donors (Lipinski definition) is 0. The first-order valence-corrected chi connectivity index (χ1v) is 14.1. The van der Waals surface area contributed by atoms with Gasteiger partial charge in [-0.1, -0.05) is 19.1 Å². The van der Waals surface area contributed by atoms with Gasteiger partial charge in [-0.15, -0.1) is 0 Å². The summed E-state index contributed by atoms with van der Waals surface area (Å²) in [6.07, 6.45) is 0.130. The molecule has 9 heteroatoms. The zero-order chi connectivity index (χ0) is 28.4.